The van der Waals surface area contributed by atoms with Crippen LogP contribution in [0.3, 0.4) is 0 Å². The molecule has 0 aliphatic carbocycles. The van der Waals surface area contributed by atoms with E-state index < -0.39 is 9.84 Å². The summed E-state index contributed by atoms with van der Waals surface area (Å²) < 4.78 is 33.1. The van der Waals surface area contributed by atoms with E-state index in [-0.39, 0.29) is 18.6 Å². The van der Waals surface area contributed by atoms with Gasteiger partial charge in [-0.25, -0.2) is 8.42 Å². The third kappa shape index (κ3) is 2.89. The first-order chi connectivity index (χ1) is 7.99. The summed E-state index contributed by atoms with van der Waals surface area (Å²) in [5.74, 6) is 1.42. The molecule has 0 spiro atoms. The average Bonchev–Trinajstić information content (AvgIpc) is 2.71. The van der Waals surface area contributed by atoms with Gasteiger partial charge in [-0.1, -0.05) is 6.07 Å². The van der Waals surface area contributed by atoms with E-state index >= 15 is 0 Å². The summed E-state index contributed by atoms with van der Waals surface area (Å²) in [5, 5.41) is 2.99. The van der Waals surface area contributed by atoms with Crippen molar-refractivity contribution in [3.8, 4) is 11.5 Å². The Balaban J connectivity index is 2.25. The Morgan fingerprint density at radius 2 is 2.06 bits per heavy atom. The molecule has 1 unspecified atom stereocenters. The van der Waals surface area contributed by atoms with Gasteiger partial charge in [0.25, 0.3) is 0 Å². The number of fused-ring (bicyclic) bond motifs is 1. The van der Waals surface area contributed by atoms with E-state index in [1.807, 2.05) is 12.1 Å². The Hall–Kier alpha value is -1.27. The van der Waals surface area contributed by atoms with Crippen LogP contribution in [0.2, 0.25) is 0 Å². The fourth-order valence-corrected chi connectivity index (χ4v) is 2.74. The third-order valence-electron chi connectivity index (χ3n) is 2.62. The fourth-order valence-electron chi connectivity index (χ4n) is 1.78. The Labute approximate surface area is 101 Å². The van der Waals surface area contributed by atoms with Gasteiger partial charge in [0.15, 0.2) is 11.5 Å². The van der Waals surface area contributed by atoms with Crippen LogP contribution >= 0.6 is 0 Å². The lowest BCUT2D eigenvalue weighted by atomic mass is 10.1. The molecule has 1 heterocycles. The number of ether oxygens (including phenoxy) is 2. The maximum Gasteiger partial charge on any atom is 0.231 e. The second-order valence-corrected chi connectivity index (χ2v) is 6.23. The van der Waals surface area contributed by atoms with E-state index in [0.29, 0.717) is 11.5 Å². The van der Waals surface area contributed by atoms with Crippen LogP contribution in [0.4, 0.5) is 0 Å². The number of hydrogen-bond donors (Lipinski definition) is 1. The summed E-state index contributed by atoms with van der Waals surface area (Å²) in [5.41, 5.74) is 0.877. The van der Waals surface area contributed by atoms with E-state index in [9.17, 15) is 8.42 Å². The number of hydrogen-bond acceptors (Lipinski definition) is 5. The Morgan fingerprint density at radius 3 is 2.71 bits per heavy atom. The third-order valence-corrected chi connectivity index (χ3v) is 3.56. The summed E-state index contributed by atoms with van der Waals surface area (Å²) in [7, 11) is -1.30. The lowest BCUT2D eigenvalue weighted by Crippen LogP contribution is -2.24. The summed E-state index contributed by atoms with van der Waals surface area (Å²) in [6.45, 7) is 0.217. The van der Waals surface area contributed by atoms with E-state index in [1.54, 1.807) is 13.1 Å². The van der Waals surface area contributed by atoms with Crippen LogP contribution in [-0.4, -0.2) is 34.3 Å². The van der Waals surface area contributed by atoms with Crippen molar-refractivity contribution in [1.29, 1.82) is 0 Å². The molecule has 17 heavy (non-hydrogen) atoms. The zero-order valence-corrected chi connectivity index (χ0v) is 10.6. The van der Waals surface area contributed by atoms with E-state index in [2.05, 4.69) is 5.32 Å². The highest BCUT2D eigenvalue weighted by molar-refractivity contribution is 7.90. The van der Waals surface area contributed by atoms with Crippen molar-refractivity contribution in [1.82, 2.24) is 5.32 Å². The van der Waals surface area contributed by atoms with Crippen molar-refractivity contribution in [3.05, 3.63) is 23.8 Å². The van der Waals surface area contributed by atoms with Gasteiger partial charge in [-0.05, 0) is 24.7 Å². The lowest BCUT2D eigenvalue weighted by Gasteiger charge is -2.15. The number of benzene rings is 1. The minimum Gasteiger partial charge on any atom is -0.454 e. The Bertz CT molecular complexity index is 512. The molecule has 0 fully saturated rings. The van der Waals surface area contributed by atoms with Crippen molar-refractivity contribution >= 4 is 9.84 Å². The van der Waals surface area contributed by atoms with Crippen LogP contribution < -0.4 is 14.8 Å². The summed E-state index contributed by atoms with van der Waals surface area (Å²) >= 11 is 0. The SMILES string of the molecule is CNC(CS(C)(=O)=O)c1ccc2c(c1)OCO2. The van der Waals surface area contributed by atoms with Crippen LogP contribution in [0.5, 0.6) is 11.5 Å². The zero-order chi connectivity index (χ0) is 12.5. The number of nitrogens with one attached hydrogen (secondary N) is 1. The first-order valence-corrected chi connectivity index (χ1v) is 7.30. The second-order valence-electron chi connectivity index (χ2n) is 4.05. The van der Waals surface area contributed by atoms with Crippen molar-refractivity contribution < 1.29 is 17.9 Å². The molecule has 2 rings (SSSR count). The highest BCUT2D eigenvalue weighted by Gasteiger charge is 2.19. The first kappa shape index (κ1) is 12.2. The normalized spacial score (nSPS) is 15.9. The largest absolute Gasteiger partial charge is 0.454 e. The second kappa shape index (κ2) is 4.54. The van der Waals surface area contributed by atoms with Crippen LogP contribution in [0.15, 0.2) is 18.2 Å². The molecular weight excluding hydrogens is 242 g/mol. The molecule has 1 aliphatic rings. The van der Waals surface area contributed by atoms with Gasteiger partial charge in [-0.3, -0.25) is 0 Å². The standard InChI is InChI=1S/C11H15NO4S/c1-12-9(6-17(2,13)14)8-3-4-10-11(5-8)16-7-15-10/h3-5,9,12H,6-7H2,1-2H3. The lowest BCUT2D eigenvalue weighted by molar-refractivity contribution is 0.174. The van der Waals surface area contributed by atoms with Gasteiger partial charge >= 0.3 is 0 Å². The molecule has 0 bridgehead atoms. The van der Waals surface area contributed by atoms with Gasteiger partial charge in [-0.15, -0.1) is 0 Å². The van der Waals surface area contributed by atoms with Gasteiger partial charge < -0.3 is 14.8 Å². The molecule has 1 aromatic rings. The number of rotatable bonds is 4. The molecule has 1 aromatic carbocycles. The van der Waals surface area contributed by atoms with Gasteiger partial charge in [0.1, 0.15) is 9.84 Å². The molecule has 0 aromatic heterocycles. The average molecular weight is 257 g/mol. The van der Waals surface area contributed by atoms with Gasteiger partial charge in [0.2, 0.25) is 6.79 Å². The van der Waals surface area contributed by atoms with Gasteiger partial charge in [0, 0.05) is 12.3 Å². The van der Waals surface area contributed by atoms with Crippen LogP contribution in [-0.2, 0) is 9.84 Å². The van der Waals surface area contributed by atoms with E-state index in [4.69, 9.17) is 9.47 Å². The van der Waals surface area contributed by atoms with Crippen LogP contribution in [0.1, 0.15) is 11.6 Å². The predicted octanol–water partition coefficient (Wildman–Crippen LogP) is 0.720. The highest BCUT2D eigenvalue weighted by atomic mass is 32.2. The highest BCUT2D eigenvalue weighted by Crippen LogP contribution is 2.34. The van der Waals surface area contributed by atoms with E-state index in [1.165, 1.54) is 6.26 Å². The minimum absolute atomic E-state index is 0.0587. The smallest absolute Gasteiger partial charge is 0.231 e. The van der Waals surface area contributed by atoms with Crippen LogP contribution in [0, 0.1) is 0 Å². The van der Waals surface area contributed by atoms with Crippen LogP contribution in [0.25, 0.3) is 0 Å². The molecule has 6 heteroatoms. The molecule has 1 aliphatic heterocycles. The quantitative estimate of drug-likeness (QED) is 0.861. The summed E-state index contributed by atoms with van der Waals surface area (Å²) in [4.78, 5) is 0. The summed E-state index contributed by atoms with van der Waals surface area (Å²) in [6.07, 6.45) is 1.23. The number of sulfone groups is 1. The van der Waals surface area contributed by atoms with Crippen molar-refractivity contribution in [3.63, 3.8) is 0 Å². The van der Waals surface area contributed by atoms with E-state index in [0.717, 1.165) is 5.56 Å². The first-order valence-electron chi connectivity index (χ1n) is 5.24. The van der Waals surface area contributed by atoms with Crippen molar-refractivity contribution in [2.45, 2.75) is 6.04 Å². The molecule has 1 atom stereocenters. The predicted molar refractivity (Wildman–Crippen MR) is 64.1 cm³/mol. The molecule has 94 valence electrons. The zero-order valence-electron chi connectivity index (χ0n) is 9.76. The van der Waals surface area contributed by atoms with Crippen molar-refractivity contribution in [2.24, 2.45) is 0 Å². The molecule has 5 nitrogen and oxygen atoms in total. The monoisotopic (exact) mass is 257 g/mol. The van der Waals surface area contributed by atoms with Gasteiger partial charge in [-0.2, -0.15) is 0 Å². The van der Waals surface area contributed by atoms with Crippen molar-refractivity contribution in [2.75, 3.05) is 25.8 Å². The fraction of sp³-hybridized carbons (Fsp3) is 0.455. The minimum atomic E-state index is -3.03. The molecule has 0 radical (unpaired) electrons. The maximum atomic E-state index is 11.3. The molecule has 1 N–H and O–H groups in total. The summed E-state index contributed by atoms with van der Waals surface area (Å²) in [6, 6.07) is 5.22. The topological polar surface area (TPSA) is 64.6 Å². The molecule has 0 amide bonds. The van der Waals surface area contributed by atoms with Gasteiger partial charge in [0.05, 0.1) is 5.75 Å². The Morgan fingerprint density at radius 1 is 1.35 bits per heavy atom. The molecular formula is C11H15NO4S. The Kier molecular flexibility index (Phi) is 3.26. The maximum absolute atomic E-state index is 11.3. The molecule has 0 saturated carbocycles. The molecule has 0 saturated heterocycles.